The monoisotopic (exact) mass is 252 g/mol. The van der Waals surface area contributed by atoms with Crippen LogP contribution in [0.4, 0.5) is 0 Å². The van der Waals surface area contributed by atoms with Crippen molar-refractivity contribution in [1.82, 2.24) is 10.2 Å². The third-order valence-corrected chi connectivity index (χ3v) is 4.63. The largest absolute Gasteiger partial charge is 0.342 e. The fourth-order valence-corrected chi connectivity index (χ4v) is 2.91. The summed E-state index contributed by atoms with van der Waals surface area (Å²) in [6, 6.07) is 0.541. The van der Waals surface area contributed by atoms with Crippen molar-refractivity contribution >= 4 is 5.91 Å². The molecule has 0 aromatic carbocycles. The van der Waals surface area contributed by atoms with Crippen molar-refractivity contribution in [3.8, 4) is 0 Å². The highest BCUT2D eigenvalue weighted by atomic mass is 16.2. The first-order valence-corrected chi connectivity index (χ1v) is 7.63. The van der Waals surface area contributed by atoms with Crippen LogP contribution in [0.2, 0.25) is 0 Å². The maximum atomic E-state index is 11.8. The van der Waals surface area contributed by atoms with Gasteiger partial charge in [-0.3, -0.25) is 4.79 Å². The van der Waals surface area contributed by atoms with Gasteiger partial charge in [0, 0.05) is 13.1 Å². The van der Waals surface area contributed by atoms with Crippen LogP contribution in [0.5, 0.6) is 0 Å². The van der Waals surface area contributed by atoms with E-state index in [0.29, 0.717) is 12.6 Å². The van der Waals surface area contributed by atoms with Gasteiger partial charge >= 0.3 is 0 Å². The summed E-state index contributed by atoms with van der Waals surface area (Å²) < 4.78 is 0. The number of hydrogen-bond donors (Lipinski definition) is 1. The zero-order valence-corrected chi connectivity index (χ0v) is 12.0. The van der Waals surface area contributed by atoms with Crippen LogP contribution in [0.15, 0.2) is 0 Å². The second-order valence-corrected chi connectivity index (χ2v) is 6.33. The maximum absolute atomic E-state index is 11.8. The van der Waals surface area contributed by atoms with Crippen molar-refractivity contribution < 1.29 is 4.79 Å². The normalized spacial score (nSPS) is 28.1. The van der Waals surface area contributed by atoms with Gasteiger partial charge in [0.25, 0.3) is 0 Å². The lowest BCUT2D eigenvalue weighted by Crippen LogP contribution is -2.37. The number of carbonyl (C=O) groups excluding carboxylic acids is 1. The number of amides is 1. The lowest BCUT2D eigenvalue weighted by molar-refractivity contribution is -0.129. The molecule has 2 fully saturated rings. The van der Waals surface area contributed by atoms with E-state index in [1.807, 2.05) is 11.9 Å². The van der Waals surface area contributed by atoms with Crippen molar-refractivity contribution in [2.24, 2.45) is 11.8 Å². The number of nitrogens with zero attached hydrogens (tertiary/aromatic N) is 1. The predicted molar refractivity (Wildman–Crippen MR) is 74.4 cm³/mol. The molecule has 0 bridgehead atoms. The van der Waals surface area contributed by atoms with Gasteiger partial charge in [0.05, 0.1) is 6.54 Å². The van der Waals surface area contributed by atoms with E-state index >= 15 is 0 Å². The first-order valence-electron chi connectivity index (χ1n) is 7.63. The van der Waals surface area contributed by atoms with E-state index in [-0.39, 0.29) is 5.91 Å². The van der Waals surface area contributed by atoms with Gasteiger partial charge in [-0.05, 0) is 37.6 Å². The molecule has 0 spiro atoms. The molecule has 0 saturated heterocycles. The molecule has 2 aliphatic rings. The van der Waals surface area contributed by atoms with Gasteiger partial charge in [-0.2, -0.15) is 0 Å². The molecule has 3 nitrogen and oxygen atoms in total. The molecule has 2 aliphatic carbocycles. The first-order chi connectivity index (χ1) is 8.66. The number of carbonyl (C=O) groups is 1. The lowest BCUT2D eigenvalue weighted by atomic mass is 9.81. The van der Waals surface area contributed by atoms with Crippen molar-refractivity contribution in [3.63, 3.8) is 0 Å². The summed E-state index contributed by atoms with van der Waals surface area (Å²) in [5, 5.41) is 3.32. The molecule has 2 rings (SSSR count). The van der Waals surface area contributed by atoms with Crippen LogP contribution in [0, 0.1) is 11.8 Å². The Morgan fingerprint density at radius 3 is 2.44 bits per heavy atom. The van der Waals surface area contributed by atoms with Gasteiger partial charge in [-0.1, -0.05) is 32.6 Å². The van der Waals surface area contributed by atoms with Gasteiger partial charge in [-0.25, -0.2) is 0 Å². The van der Waals surface area contributed by atoms with Gasteiger partial charge in [0.1, 0.15) is 0 Å². The summed E-state index contributed by atoms with van der Waals surface area (Å²) in [6.07, 6.45) is 9.21. The summed E-state index contributed by atoms with van der Waals surface area (Å²) in [6.45, 7) is 3.89. The molecule has 0 radical (unpaired) electrons. The van der Waals surface area contributed by atoms with E-state index < -0.39 is 0 Å². The fraction of sp³-hybridized carbons (Fsp3) is 0.933. The Balaban J connectivity index is 1.51. The van der Waals surface area contributed by atoms with E-state index in [9.17, 15) is 4.79 Å². The minimum Gasteiger partial charge on any atom is -0.342 e. The highest BCUT2D eigenvalue weighted by Crippen LogP contribution is 2.30. The highest BCUT2D eigenvalue weighted by Gasteiger charge is 2.29. The van der Waals surface area contributed by atoms with Crippen LogP contribution in [0.3, 0.4) is 0 Å². The number of nitrogens with one attached hydrogen (secondary N) is 1. The van der Waals surface area contributed by atoms with E-state index in [2.05, 4.69) is 12.2 Å². The van der Waals surface area contributed by atoms with Crippen LogP contribution in [-0.4, -0.2) is 37.0 Å². The number of likely N-dealkylation sites (N-methyl/N-ethyl adjacent to an activating group) is 1. The predicted octanol–water partition coefficient (Wildman–Crippen LogP) is 2.41. The molecular weight excluding hydrogens is 224 g/mol. The second kappa shape index (κ2) is 6.55. The molecule has 1 N–H and O–H groups in total. The Bertz CT molecular complexity index is 268. The van der Waals surface area contributed by atoms with Gasteiger partial charge in [-0.15, -0.1) is 0 Å². The molecule has 2 saturated carbocycles. The average molecular weight is 252 g/mol. The third-order valence-electron chi connectivity index (χ3n) is 4.63. The zero-order chi connectivity index (χ0) is 13.0. The summed E-state index contributed by atoms with van der Waals surface area (Å²) >= 11 is 0. The fourth-order valence-electron chi connectivity index (χ4n) is 2.91. The minimum absolute atomic E-state index is 0.259. The molecule has 0 aliphatic heterocycles. The molecule has 0 heterocycles. The molecule has 0 aromatic rings. The van der Waals surface area contributed by atoms with Crippen molar-refractivity contribution in [3.05, 3.63) is 0 Å². The summed E-state index contributed by atoms with van der Waals surface area (Å²) in [4.78, 5) is 13.7. The summed E-state index contributed by atoms with van der Waals surface area (Å²) in [5.74, 6) is 2.09. The topological polar surface area (TPSA) is 32.3 Å². The summed E-state index contributed by atoms with van der Waals surface area (Å²) in [7, 11) is 1.93. The van der Waals surface area contributed by atoms with Gasteiger partial charge in [0.15, 0.2) is 0 Å². The number of rotatable bonds is 6. The Morgan fingerprint density at radius 1 is 1.17 bits per heavy atom. The van der Waals surface area contributed by atoms with E-state index in [0.717, 1.165) is 18.4 Å². The Kier molecular flexibility index (Phi) is 5.04. The molecule has 3 heteroatoms. The van der Waals surface area contributed by atoms with Crippen LogP contribution in [-0.2, 0) is 4.79 Å². The highest BCUT2D eigenvalue weighted by molar-refractivity contribution is 5.78. The van der Waals surface area contributed by atoms with E-state index in [4.69, 9.17) is 0 Å². The van der Waals surface area contributed by atoms with E-state index in [1.165, 1.54) is 44.9 Å². The van der Waals surface area contributed by atoms with Crippen LogP contribution < -0.4 is 5.32 Å². The van der Waals surface area contributed by atoms with Crippen molar-refractivity contribution in [2.75, 3.05) is 20.1 Å². The quantitative estimate of drug-likeness (QED) is 0.736. The maximum Gasteiger partial charge on any atom is 0.236 e. The van der Waals surface area contributed by atoms with E-state index in [1.54, 1.807) is 0 Å². The molecule has 0 atom stereocenters. The zero-order valence-electron chi connectivity index (χ0n) is 12.0. The lowest BCUT2D eigenvalue weighted by Gasteiger charge is -2.26. The minimum atomic E-state index is 0.259. The molecular formula is C15H28N2O. The van der Waals surface area contributed by atoms with Gasteiger partial charge < -0.3 is 10.2 Å². The standard InChI is InChI=1S/C15H28N2O/c1-12-3-5-13(6-4-12)9-10-16-11-15(18)17(2)14-7-8-14/h12-14,16H,3-11H2,1-2H3. The van der Waals surface area contributed by atoms with Crippen LogP contribution in [0.25, 0.3) is 0 Å². The molecule has 18 heavy (non-hydrogen) atoms. The Morgan fingerprint density at radius 2 is 1.83 bits per heavy atom. The SMILES string of the molecule is CC1CCC(CCNCC(=O)N(C)C2CC2)CC1. The van der Waals surface area contributed by atoms with Gasteiger partial charge in [0.2, 0.25) is 5.91 Å². The Labute approximate surface area is 111 Å². The smallest absolute Gasteiger partial charge is 0.236 e. The number of hydrogen-bond acceptors (Lipinski definition) is 2. The van der Waals surface area contributed by atoms with Crippen LogP contribution in [0.1, 0.15) is 51.9 Å². The molecule has 0 unspecified atom stereocenters. The molecule has 0 aromatic heterocycles. The van der Waals surface area contributed by atoms with Crippen LogP contribution >= 0.6 is 0 Å². The molecule has 1 amide bonds. The Hall–Kier alpha value is -0.570. The summed E-state index contributed by atoms with van der Waals surface area (Å²) in [5.41, 5.74) is 0. The van der Waals surface area contributed by atoms with Crippen molar-refractivity contribution in [1.29, 1.82) is 0 Å². The first kappa shape index (κ1) is 13.9. The average Bonchev–Trinajstić information content (AvgIpc) is 3.20. The second-order valence-electron chi connectivity index (χ2n) is 6.33. The molecule has 104 valence electrons. The van der Waals surface area contributed by atoms with Crippen molar-refractivity contribution in [2.45, 2.75) is 57.9 Å². The third kappa shape index (κ3) is 4.27.